The highest BCUT2D eigenvalue weighted by Crippen LogP contribution is 2.27. The average molecular weight is 162 g/mol. The van der Waals surface area contributed by atoms with Crippen molar-refractivity contribution < 1.29 is 0 Å². The second-order valence-electron chi connectivity index (χ2n) is 3.79. The summed E-state index contributed by atoms with van der Waals surface area (Å²) >= 11 is 0. The maximum atomic E-state index is 5.61. The summed E-state index contributed by atoms with van der Waals surface area (Å²) in [5, 5.41) is 3.28. The number of anilines is 1. The molecule has 1 aliphatic heterocycles. The van der Waals surface area contributed by atoms with Crippen LogP contribution in [0.5, 0.6) is 0 Å². The van der Waals surface area contributed by atoms with E-state index in [1.165, 1.54) is 5.56 Å². The first-order valence-corrected chi connectivity index (χ1v) is 4.27. The standard InChI is InChI=1S/C10H14N2/c1-10(6-12-7-10)8-2-4-9(11)5-3-8/h2-5,12H,6-7,11H2,1H3. The van der Waals surface area contributed by atoms with E-state index < -0.39 is 0 Å². The summed E-state index contributed by atoms with van der Waals surface area (Å²) in [6, 6.07) is 8.18. The van der Waals surface area contributed by atoms with E-state index in [-0.39, 0.29) is 0 Å². The van der Waals surface area contributed by atoms with Gasteiger partial charge < -0.3 is 11.1 Å². The summed E-state index contributed by atoms with van der Waals surface area (Å²) in [5.74, 6) is 0. The molecular weight excluding hydrogens is 148 g/mol. The van der Waals surface area contributed by atoms with Gasteiger partial charge in [0, 0.05) is 24.2 Å². The van der Waals surface area contributed by atoms with Gasteiger partial charge in [-0.25, -0.2) is 0 Å². The van der Waals surface area contributed by atoms with Crippen LogP contribution in [0.25, 0.3) is 0 Å². The lowest BCUT2D eigenvalue weighted by atomic mass is 9.77. The Morgan fingerprint density at radius 3 is 2.25 bits per heavy atom. The molecule has 0 saturated carbocycles. The summed E-state index contributed by atoms with van der Waals surface area (Å²) in [6.07, 6.45) is 0. The monoisotopic (exact) mass is 162 g/mol. The molecule has 1 aromatic rings. The fourth-order valence-electron chi connectivity index (χ4n) is 1.59. The molecule has 1 saturated heterocycles. The number of rotatable bonds is 1. The Bertz CT molecular complexity index is 272. The van der Waals surface area contributed by atoms with Crippen molar-refractivity contribution >= 4 is 5.69 Å². The maximum Gasteiger partial charge on any atom is 0.0314 e. The Balaban J connectivity index is 2.28. The van der Waals surface area contributed by atoms with Gasteiger partial charge in [-0.3, -0.25) is 0 Å². The molecule has 1 fully saturated rings. The Hall–Kier alpha value is -1.02. The van der Waals surface area contributed by atoms with Crippen molar-refractivity contribution in [3.8, 4) is 0 Å². The molecular formula is C10H14N2. The SMILES string of the molecule is CC1(c2ccc(N)cc2)CNC1. The van der Waals surface area contributed by atoms with E-state index in [1.54, 1.807) is 0 Å². The normalized spacial score (nSPS) is 20.1. The van der Waals surface area contributed by atoms with Crippen LogP contribution in [0.3, 0.4) is 0 Å². The van der Waals surface area contributed by atoms with Gasteiger partial charge in [0.15, 0.2) is 0 Å². The summed E-state index contributed by atoms with van der Waals surface area (Å²) in [6.45, 7) is 4.43. The van der Waals surface area contributed by atoms with Crippen molar-refractivity contribution in [1.82, 2.24) is 5.32 Å². The Morgan fingerprint density at radius 1 is 1.25 bits per heavy atom. The van der Waals surface area contributed by atoms with E-state index in [0.29, 0.717) is 5.41 Å². The number of nitrogens with two attached hydrogens (primary N) is 1. The first kappa shape index (κ1) is 7.62. The maximum absolute atomic E-state index is 5.61. The third-order valence-electron chi connectivity index (χ3n) is 2.64. The van der Waals surface area contributed by atoms with Gasteiger partial charge in [0.05, 0.1) is 0 Å². The fourth-order valence-corrected chi connectivity index (χ4v) is 1.59. The molecule has 1 aliphatic rings. The highest BCUT2D eigenvalue weighted by molar-refractivity contribution is 5.42. The van der Waals surface area contributed by atoms with Crippen molar-refractivity contribution in [3.63, 3.8) is 0 Å². The molecule has 12 heavy (non-hydrogen) atoms. The molecule has 0 atom stereocenters. The van der Waals surface area contributed by atoms with Crippen molar-refractivity contribution in [2.75, 3.05) is 18.8 Å². The summed E-state index contributed by atoms with van der Waals surface area (Å²) in [4.78, 5) is 0. The number of benzene rings is 1. The minimum atomic E-state index is 0.341. The molecule has 2 rings (SSSR count). The lowest BCUT2D eigenvalue weighted by Crippen LogP contribution is -2.54. The van der Waals surface area contributed by atoms with Gasteiger partial charge >= 0.3 is 0 Å². The highest BCUT2D eigenvalue weighted by Gasteiger charge is 2.32. The molecule has 0 amide bonds. The van der Waals surface area contributed by atoms with Crippen molar-refractivity contribution in [3.05, 3.63) is 29.8 Å². The molecule has 0 radical (unpaired) electrons. The van der Waals surface area contributed by atoms with E-state index >= 15 is 0 Å². The van der Waals surface area contributed by atoms with Crippen LogP contribution in [-0.4, -0.2) is 13.1 Å². The zero-order valence-electron chi connectivity index (χ0n) is 7.30. The average Bonchev–Trinajstić information content (AvgIpc) is 2.02. The number of nitrogen functional groups attached to an aromatic ring is 1. The third-order valence-corrected chi connectivity index (χ3v) is 2.64. The summed E-state index contributed by atoms with van der Waals surface area (Å²) in [7, 11) is 0. The molecule has 0 aromatic heterocycles. The Kier molecular flexibility index (Phi) is 1.58. The third kappa shape index (κ3) is 1.08. The molecule has 0 bridgehead atoms. The second-order valence-corrected chi connectivity index (χ2v) is 3.79. The highest BCUT2D eigenvalue weighted by atomic mass is 15.0. The first-order valence-electron chi connectivity index (χ1n) is 4.27. The van der Waals surface area contributed by atoms with Crippen molar-refractivity contribution in [2.45, 2.75) is 12.3 Å². The quantitative estimate of drug-likeness (QED) is 0.607. The zero-order valence-corrected chi connectivity index (χ0v) is 7.30. The Morgan fingerprint density at radius 2 is 1.83 bits per heavy atom. The van der Waals surface area contributed by atoms with Crippen LogP contribution < -0.4 is 11.1 Å². The lowest BCUT2D eigenvalue weighted by Gasteiger charge is -2.39. The second kappa shape index (κ2) is 2.49. The topological polar surface area (TPSA) is 38.0 Å². The van der Waals surface area contributed by atoms with Crippen LogP contribution in [-0.2, 0) is 5.41 Å². The van der Waals surface area contributed by atoms with Crippen LogP contribution in [0, 0.1) is 0 Å². The van der Waals surface area contributed by atoms with Gasteiger partial charge in [-0.15, -0.1) is 0 Å². The molecule has 1 aromatic carbocycles. The Labute approximate surface area is 72.8 Å². The minimum Gasteiger partial charge on any atom is -0.399 e. The van der Waals surface area contributed by atoms with Gasteiger partial charge in [-0.1, -0.05) is 19.1 Å². The number of hydrogen-bond acceptors (Lipinski definition) is 2. The number of nitrogens with one attached hydrogen (secondary N) is 1. The molecule has 2 heteroatoms. The van der Waals surface area contributed by atoms with Gasteiger partial charge in [-0.2, -0.15) is 0 Å². The van der Waals surface area contributed by atoms with Crippen LogP contribution in [0.1, 0.15) is 12.5 Å². The molecule has 2 nitrogen and oxygen atoms in total. The van der Waals surface area contributed by atoms with Crippen molar-refractivity contribution in [1.29, 1.82) is 0 Å². The van der Waals surface area contributed by atoms with E-state index in [0.717, 1.165) is 18.8 Å². The van der Waals surface area contributed by atoms with Crippen LogP contribution in [0.15, 0.2) is 24.3 Å². The fraction of sp³-hybridized carbons (Fsp3) is 0.400. The van der Waals surface area contributed by atoms with Crippen LogP contribution >= 0.6 is 0 Å². The molecule has 0 aliphatic carbocycles. The van der Waals surface area contributed by atoms with Gasteiger partial charge in [-0.05, 0) is 17.7 Å². The van der Waals surface area contributed by atoms with Gasteiger partial charge in [0.25, 0.3) is 0 Å². The van der Waals surface area contributed by atoms with E-state index in [2.05, 4.69) is 24.4 Å². The molecule has 1 heterocycles. The summed E-state index contributed by atoms with van der Waals surface area (Å²) < 4.78 is 0. The largest absolute Gasteiger partial charge is 0.399 e. The molecule has 0 unspecified atom stereocenters. The van der Waals surface area contributed by atoms with E-state index in [4.69, 9.17) is 5.73 Å². The lowest BCUT2D eigenvalue weighted by molar-refractivity contribution is 0.305. The zero-order chi connectivity index (χ0) is 8.60. The number of hydrogen-bond donors (Lipinski definition) is 2. The predicted octanol–water partition coefficient (Wildman–Crippen LogP) is 1.13. The van der Waals surface area contributed by atoms with E-state index in [1.807, 2.05) is 12.1 Å². The molecule has 64 valence electrons. The summed E-state index contributed by atoms with van der Waals surface area (Å²) in [5.41, 5.74) is 8.18. The molecule has 0 spiro atoms. The first-order chi connectivity index (χ1) is 5.71. The van der Waals surface area contributed by atoms with Gasteiger partial charge in [0.2, 0.25) is 0 Å². The van der Waals surface area contributed by atoms with Crippen LogP contribution in [0.4, 0.5) is 5.69 Å². The minimum absolute atomic E-state index is 0.341. The van der Waals surface area contributed by atoms with Crippen molar-refractivity contribution in [2.24, 2.45) is 0 Å². The van der Waals surface area contributed by atoms with Crippen LogP contribution in [0.2, 0.25) is 0 Å². The van der Waals surface area contributed by atoms with Gasteiger partial charge in [0.1, 0.15) is 0 Å². The smallest absolute Gasteiger partial charge is 0.0314 e. The van der Waals surface area contributed by atoms with E-state index in [9.17, 15) is 0 Å². The molecule has 3 N–H and O–H groups in total. The predicted molar refractivity (Wildman–Crippen MR) is 51.1 cm³/mol.